The van der Waals surface area contributed by atoms with Gasteiger partial charge in [0.25, 0.3) is 0 Å². The molecule has 120 valence electrons. The molecule has 1 aliphatic carbocycles. The predicted octanol–water partition coefficient (Wildman–Crippen LogP) is 2.58. The van der Waals surface area contributed by atoms with Crippen molar-refractivity contribution < 1.29 is 9.53 Å². The van der Waals surface area contributed by atoms with Crippen LogP contribution >= 0.6 is 0 Å². The molecule has 2 aliphatic rings. The second kappa shape index (κ2) is 6.69. The highest BCUT2D eigenvalue weighted by atomic mass is 16.5. The van der Waals surface area contributed by atoms with Gasteiger partial charge >= 0.3 is 0 Å². The lowest BCUT2D eigenvalue weighted by Crippen LogP contribution is -2.50. The topological polar surface area (TPSA) is 55.6 Å². The Balaban J connectivity index is 1.54. The maximum absolute atomic E-state index is 12.8. The number of nitrogens with two attached hydrogens (primary N) is 1. The first kappa shape index (κ1) is 15.3. The van der Waals surface area contributed by atoms with Gasteiger partial charge in [-0.1, -0.05) is 31.0 Å². The van der Waals surface area contributed by atoms with E-state index in [1.165, 1.54) is 0 Å². The van der Waals surface area contributed by atoms with Gasteiger partial charge in [0.2, 0.25) is 5.91 Å². The van der Waals surface area contributed by atoms with Crippen LogP contribution in [-0.4, -0.2) is 36.5 Å². The summed E-state index contributed by atoms with van der Waals surface area (Å²) in [5.41, 5.74) is 5.66. The molecule has 1 saturated carbocycles. The molecule has 0 atom stereocenters. The number of likely N-dealkylation sites (tertiary alicyclic amines) is 1. The molecule has 2 N–H and O–H groups in total. The predicted molar refractivity (Wildman–Crippen MR) is 86.6 cm³/mol. The van der Waals surface area contributed by atoms with Crippen molar-refractivity contribution in [1.82, 2.24) is 4.90 Å². The van der Waals surface area contributed by atoms with Gasteiger partial charge in [-0.25, -0.2) is 0 Å². The van der Waals surface area contributed by atoms with Gasteiger partial charge in [-0.2, -0.15) is 0 Å². The number of ether oxygens (including phenoxy) is 1. The number of nitrogens with zero attached hydrogens (tertiary/aromatic N) is 1. The number of piperidine rings is 1. The molecule has 1 saturated heterocycles. The highest BCUT2D eigenvalue weighted by Crippen LogP contribution is 2.39. The summed E-state index contributed by atoms with van der Waals surface area (Å²) in [5, 5.41) is 0. The van der Waals surface area contributed by atoms with E-state index in [2.05, 4.69) is 0 Å². The van der Waals surface area contributed by atoms with Crippen LogP contribution in [0.5, 0.6) is 5.75 Å². The number of carbonyl (C=O) groups excluding carboxylic acids is 1. The van der Waals surface area contributed by atoms with Crippen molar-refractivity contribution in [1.29, 1.82) is 0 Å². The molecule has 4 nitrogen and oxygen atoms in total. The van der Waals surface area contributed by atoms with Crippen molar-refractivity contribution >= 4 is 5.91 Å². The van der Waals surface area contributed by atoms with Gasteiger partial charge in [0.05, 0.1) is 5.41 Å². The summed E-state index contributed by atoms with van der Waals surface area (Å²) in [6, 6.07) is 9.93. The first-order valence-electron chi connectivity index (χ1n) is 8.45. The fourth-order valence-corrected chi connectivity index (χ4v) is 3.76. The average molecular weight is 302 g/mol. The fraction of sp³-hybridized carbons (Fsp3) is 0.611. The number of hydrogen-bond donors (Lipinski definition) is 1. The average Bonchev–Trinajstić information content (AvgIpc) is 3.06. The van der Waals surface area contributed by atoms with E-state index in [0.717, 1.165) is 57.4 Å². The van der Waals surface area contributed by atoms with Crippen LogP contribution in [0.25, 0.3) is 0 Å². The Hall–Kier alpha value is -1.55. The Morgan fingerprint density at radius 2 is 1.82 bits per heavy atom. The SMILES string of the molecule is NCC1(C(=O)N2CCC(Oc3ccccc3)CC2)CCCC1. The Kier molecular flexibility index (Phi) is 4.67. The summed E-state index contributed by atoms with van der Waals surface area (Å²) in [6.45, 7) is 2.07. The molecule has 0 aromatic heterocycles. The van der Waals surface area contributed by atoms with Gasteiger partial charge in [-0.3, -0.25) is 4.79 Å². The smallest absolute Gasteiger partial charge is 0.230 e. The molecule has 0 spiro atoms. The summed E-state index contributed by atoms with van der Waals surface area (Å²) >= 11 is 0. The van der Waals surface area contributed by atoms with E-state index in [0.29, 0.717) is 6.54 Å². The normalized spacial score (nSPS) is 21.8. The minimum Gasteiger partial charge on any atom is -0.490 e. The minimum absolute atomic E-state index is 0.212. The molecule has 1 heterocycles. The largest absolute Gasteiger partial charge is 0.490 e. The third kappa shape index (κ3) is 3.12. The van der Waals surface area contributed by atoms with Gasteiger partial charge in [0, 0.05) is 32.5 Å². The number of benzene rings is 1. The van der Waals surface area contributed by atoms with Crippen LogP contribution < -0.4 is 10.5 Å². The molecule has 1 amide bonds. The van der Waals surface area contributed by atoms with E-state index < -0.39 is 0 Å². The van der Waals surface area contributed by atoms with E-state index in [-0.39, 0.29) is 17.4 Å². The number of amides is 1. The minimum atomic E-state index is -0.271. The van der Waals surface area contributed by atoms with Gasteiger partial charge < -0.3 is 15.4 Å². The van der Waals surface area contributed by atoms with E-state index in [9.17, 15) is 4.79 Å². The molecule has 1 aromatic carbocycles. The lowest BCUT2D eigenvalue weighted by molar-refractivity contribution is -0.143. The van der Waals surface area contributed by atoms with Crippen molar-refractivity contribution in [3.63, 3.8) is 0 Å². The highest BCUT2D eigenvalue weighted by Gasteiger charge is 2.43. The molecule has 2 fully saturated rings. The molecule has 1 aromatic rings. The first-order chi connectivity index (χ1) is 10.7. The summed E-state index contributed by atoms with van der Waals surface area (Å²) in [4.78, 5) is 14.8. The van der Waals surface area contributed by atoms with E-state index in [1.54, 1.807) is 0 Å². The summed E-state index contributed by atoms with van der Waals surface area (Å²) < 4.78 is 6.00. The van der Waals surface area contributed by atoms with Crippen LogP contribution in [0.4, 0.5) is 0 Å². The van der Waals surface area contributed by atoms with Crippen LogP contribution in [-0.2, 0) is 4.79 Å². The van der Waals surface area contributed by atoms with Crippen LogP contribution in [0.1, 0.15) is 38.5 Å². The van der Waals surface area contributed by atoms with Crippen molar-refractivity contribution in [3.8, 4) is 5.75 Å². The van der Waals surface area contributed by atoms with Crippen LogP contribution in [0.15, 0.2) is 30.3 Å². The molecule has 0 bridgehead atoms. The Labute approximate surface area is 132 Å². The molecule has 0 radical (unpaired) electrons. The first-order valence-corrected chi connectivity index (χ1v) is 8.45. The molecule has 22 heavy (non-hydrogen) atoms. The number of carbonyl (C=O) groups is 1. The fourth-order valence-electron chi connectivity index (χ4n) is 3.76. The molecule has 4 heteroatoms. The molecule has 0 unspecified atom stereocenters. The van der Waals surface area contributed by atoms with Crippen molar-refractivity contribution in [3.05, 3.63) is 30.3 Å². The van der Waals surface area contributed by atoms with Crippen LogP contribution in [0, 0.1) is 5.41 Å². The van der Waals surface area contributed by atoms with Gasteiger partial charge in [0.15, 0.2) is 0 Å². The number of para-hydroxylation sites is 1. The quantitative estimate of drug-likeness (QED) is 0.930. The Morgan fingerprint density at radius 1 is 1.18 bits per heavy atom. The summed E-state index contributed by atoms with van der Waals surface area (Å²) in [5.74, 6) is 1.20. The van der Waals surface area contributed by atoms with Gasteiger partial charge in [0.1, 0.15) is 11.9 Å². The lowest BCUT2D eigenvalue weighted by Gasteiger charge is -2.38. The zero-order valence-corrected chi connectivity index (χ0v) is 13.2. The molecular weight excluding hydrogens is 276 g/mol. The van der Waals surface area contributed by atoms with Crippen LogP contribution in [0.2, 0.25) is 0 Å². The van der Waals surface area contributed by atoms with Gasteiger partial charge in [-0.05, 0) is 25.0 Å². The van der Waals surface area contributed by atoms with Crippen LogP contribution in [0.3, 0.4) is 0 Å². The Bertz CT molecular complexity index is 489. The second-order valence-electron chi connectivity index (χ2n) is 6.61. The van der Waals surface area contributed by atoms with Crippen molar-refractivity contribution in [2.24, 2.45) is 11.1 Å². The van der Waals surface area contributed by atoms with Crippen molar-refractivity contribution in [2.75, 3.05) is 19.6 Å². The van der Waals surface area contributed by atoms with Gasteiger partial charge in [-0.15, -0.1) is 0 Å². The summed E-state index contributed by atoms with van der Waals surface area (Å²) in [7, 11) is 0. The molecule has 1 aliphatic heterocycles. The van der Waals surface area contributed by atoms with E-state index in [1.807, 2.05) is 35.2 Å². The second-order valence-corrected chi connectivity index (χ2v) is 6.61. The molecule has 3 rings (SSSR count). The van der Waals surface area contributed by atoms with E-state index >= 15 is 0 Å². The zero-order chi connectivity index (χ0) is 15.4. The standard InChI is InChI=1S/C18H26N2O2/c19-14-18(10-4-5-11-18)17(21)20-12-8-16(9-13-20)22-15-6-2-1-3-7-15/h1-3,6-7,16H,4-5,8-14,19H2. The zero-order valence-electron chi connectivity index (χ0n) is 13.2. The summed E-state index contributed by atoms with van der Waals surface area (Å²) in [6.07, 6.45) is 6.21. The maximum Gasteiger partial charge on any atom is 0.230 e. The number of hydrogen-bond acceptors (Lipinski definition) is 3. The Morgan fingerprint density at radius 3 is 2.41 bits per heavy atom. The molecular formula is C18H26N2O2. The third-order valence-corrected chi connectivity index (χ3v) is 5.18. The van der Waals surface area contributed by atoms with Crippen molar-refractivity contribution in [2.45, 2.75) is 44.6 Å². The third-order valence-electron chi connectivity index (χ3n) is 5.18. The highest BCUT2D eigenvalue weighted by molar-refractivity contribution is 5.83. The lowest BCUT2D eigenvalue weighted by atomic mass is 9.84. The maximum atomic E-state index is 12.8. The number of rotatable bonds is 4. The van der Waals surface area contributed by atoms with E-state index in [4.69, 9.17) is 10.5 Å². The monoisotopic (exact) mass is 302 g/mol.